The Bertz CT molecular complexity index is 813. The minimum absolute atomic E-state index is 0.0660. The van der Waals surface area contributed by atoms with E-state index in [-0.39, 0.29) is 36.3 Å². The highest BCUT2D eigenvalue weighted by atomic mass is 32.2. The third-order valence-electron chi connectivity index (χ3n) is 6.49. The third kappa shape index (κ3) is 4.64. The van der Waals surface area contributed by atoms with Crippen LogP contribution in [-0.4, -0.2) is 81.4 Å². The summed E-state index contributed by atoms with van der Waals surface area (Å²) < 4.78 is 22.1. The van der Waals surface area contributed by atoms with Gasteiger partial charge < -0.3 is 28.7 Å². The number of carbonyl (C=O) groups is 2. The maximum absolute atomic E-state index is 13.6. The molecule has 0 aromatic heterocycles. The largest absolute Gasteiger partial charge is 0.493 e. The molecule has 9 heteroatoms. The summed E-state index contributed by atoms with van der Waals surface area (Å²) in [5.41, 5.74) is 0.641. The van der Waals surface area contributed by atoms with Crippen molar-refractivity contribution in [2.24, 2.45) is 5.92 Å². The van der Waals surface area contributed by atoms with Gasteiger partial charge in [-0.15, -0.1) is 0 Å². The Kier molecular flexibility index (Phi) is 7.35. The van der Waals surface area contributed by atoms with Gasteiger partial charge in [0.2, 0.25) is 17.6 Å². The van der Waals surface area contributed by atoms with Crippen molar-refractivity contribution in [1.82, 2.24) is 4.90 Å². The summed E-state index contributed by atoms with van der Waals surface area (Å²) in [5.74, 6) is 3.08. The Labute approximate surface area is 193 Å². The number of anilines is 1. The standard InChI is InChI=1S/C23H32N2O6S/c1-28-19-10-17(11-20(29-2)22(19)30-3)24-12-15(9-21(24)26)23(27)25(16-6-8-32-14-16)13-18-5-4-7-31-18/h10-11,15-16,18H,4-9,12-14H2,1-3H3. The summed E-state index contributed by atoms with van der Waals surface area (Å²) in [6, 6.07) is 3.73. The first-order valence-electron chi connectivity index (χ1n) is 11.2. The molecular weight excluding hydrogens is 432 g/mol. The van der Waals surface area contributed by atoms with Crippen molar-refractivity contribution in [3.63, 3.8) is 0 Å². The van der Waals surface area contributed by atoms with E-state index in [1.54, 1.807) is 38.4 Å². The second-order valence-electron chi connectivity index (χ2n) is 8.43. The normalized spacial score (nSPS) is 25.3. The van der Waals surface area contributed by atoms with Crippen LogP contribution in [0.1, 0.15) is 25.7 Å². The molecule has 0 saturated carbocycles. The van der Waals surface area contributed by atoms with Crippen molar-refractivity contribution < 1.29 is 28.5 Å². The minimum Gasteiger partial charge on any atom is -0.493 e. The zero-order chi connectivity index (χ0) is 22.7. The van der Waals surface area contributed by atoms with Crippen LogP contribution in [0.15, 0.2) is 12.1 Å². The Morgan fingerprint density at radius 1 is 1.19 bits per heavy atom. The number of ether oxygens (including phenoxy) is 4. The highest BCUT2D eigenvalue weighted by Crippen LogP contribution is 2.42. The number of thioether (sulfide) groups is 1. The SMILES string of the molecule is COc1cc(N2CC(C(=O)N(CC3CCCO3)C3CCSC3)CC2=O)cc(OC)c1OC. The smallest absolute Gasteiger partial charge is 0.228 e. The first-order chi connectivity index (χ1) is 15.5. The van der Waals surface area contributed by atoms with E-state index in [1.165, 1.54) is 0 Å². The van der Waals surface area contributed by atoms with Gasteiger partial charge in [0.05, 0.1) is 39.0 Å². The van der Waals surface area contributed by atoms with E-state index in [4.69, 9.17) is 18.9 Å². The Hall–Kier alpha value is -2.13. The number of nitrogens with zero attached hydrogens (tertiary/aromatic N) is 2. The molecule has 3 fully saturated rings. The van der Waals surface area contributed by atoms with Crippen LogP contribution in [0.5, 0.6) is 17.2 Å². The first kappa shape index (κ1) is 23.0. The highest BCUT2D eigenvalue weighted by Gasteiger charge is 2.41. The number of methoxy groups -OCH3 is 3. The summed E-state index contributed by atoms with van der Waals surface area (Å²) in [6.45, 7) is 1.74. The van der Waals surface area contributed by atoms with Crippen LogP contribution in [0.2, 0.25) is 0 Å². The van der Waals surface area contributed by atoms with Crippen molar-refractivity contribution >= 4 is 29.3 Å². The van der Waals surface area contributed by atoms with Gasteiger partial charge in [0, 0.05) is 50.0 Å². The van der Waals surface area contributed by atoms with Crippen LogP contribution < -0.4 is 19.1 Å². The average Bonchev–Trinajstić information content (AvgIpc) is 3.58. The van der Waals surface area contributed by atoms with Crippen LogP contribution in [0.4, 0.5) is 5.69 Å². The van der Waals surface area contributed by atoms with Gasteiger partial charge in [-0.2, -0.15) is 11.8 Å². The van der Waals surface area contributed by atoms with Gasteiger partial charge in [-0.05, 0) is 25.0 Å². The predicted octanol–water partition coefficient (Wildman–Crippen LogP) is 2.58. The molecule has 3 atom stereocenters. The van der Waals surface area contributed by atoms with Gasteiger partial charge in [0.25, 0.3) is 0 Å². The molecule has 0 spiro atoms. The van der Waals surface area contributed by atoms with E-state index in [0.29, 0.717) is 36.0 Å². The lowest BCUT2D eigenvalue weighted by Crippen LogP contribution is -2.47. The molecule has 3 heterocycles. The molecule has 3 unspecified atom stereocenters. The number of benzene rings is 1. The topological polar surface area (TPSA) is 77.5 Å². The van der Waals surface area contributed by atoms with Crippen LogP contribution >= 0.6 is 11.8 Å². The van der Waals surface area contributed by atoms with E-state index >= 15 is 0 Å². The van der Waals surface area contributed by atoms with E-state index < -0.39 is 0 Å². The molecular formula is C23H32N2O6S. The van der Waals surface area contributed by atoms with Crippen LogP contribution in [0.3, 0.4) is 0 Å². The second kappa shape index (κ2) is 10.2. The Balaban J connectivity index is 1.53. The molecule has 0 bridgehead atoms. The van der Waals surface area contributed by atoms with E-state index in [1.807, 2.05) is 16.7 Å². The number of hydrogen-bond donors (Lipinski definition) is 0. The maximum Gasteiger partial charge on any atom is 0.228 e. The van der Waals surface area contributed by atoms with Gasteiger partial charge in [-0.1, -0.05) is 0 Å². The average molecular weight is 465 g/mol. The van der Waals surface area contributed by atoms with Crippen molar-refractivity contribution in [2.45, 2.75) is 37.8 Å². The van der Waals surface area contributed by atoms with Crippen LogP contribution in [0.25, 0.3) is 0 Å². The van der Waals surface area contributed by atoms with Crippen LogP contribution in [0, 0.1) is 5.92 Å². The zero-order valence-electron chi connectivity index (χ0n) is 19.0. The molecule has 0 radical (unpaired) electrons. The summed E-state index contributed by atoms with van der Waals surface area (Å²) in [6.07, 6.45) is 3.35. The van der Waals surface area contributed by atoms with Crippen molar-refractivity contribution in [3.8, 4) is 17.2 Å². The Morgan fingerprint density at radius 2 is 1.94 bits per heavy atom. The summed E-state index contributed by atoms with van der Waals surface area (Å²) in [7, 11) is 4.63. The number of rotatable bonds is 8. The van der Waals surface area contributed by atoms with Gasteiger partial charge in [-0.25, -0.2) is 0 Å². The molecule has 0 N–H and O–H groups in total. The fraction of sp³-hybridized carbons (Fsp3) is 0.652. The highest BCUT2D eigenvalue weighted by molar-refractivity contribution is 7.99. The van der Waals surface area contributed by atoms with Gasteiger partial charge in [-0.3, -0.25) is 9.59 Å². The van der Waals surface area contributed by atoms with Crippen molar-refractivity contribution in [3.05, 3.63) is 12.1 Å². The molecule has 1 aromatic rings. The number of carbonyl (C=O) groups excluding carboxylic acids is 2. The molecule has 2 amide bonds. The predicted molar refractivity (Wildman–Crippen MR) is 123 cm³/mol. The van der Waals surface area contributed by atoms with Crippen LogP contribution in [-0.2, 0) is 14.3 Å². The van der Waals surface area contributed by atoms with Crippen molar-refractivity contribution in [1.29, 1.82) is 0 Å². The maximum atomic E-state index is 13.6. The minimum atomic E-state index is -0.367. The molecule has 3 aliphatic heterocycles. The lowest BCUT2D eigenvalue weighted by atomic mass is 10.0. The van der Waals surface area contributed by atoms with E-state index in [0.717, 1.165) is 37.4 Å². The monoisotopic (exact) mass is 464 g/mol. The molecule has 3 saturated heterocycles. The summed E-state index contributed by atoms with van der Waals surface area (Å²) in [4.78, 5) is 30.2. The van der Waals surface area contributed by atoms with Gasteiger partial charge >= 0.3 is 0 Å². The van der Waals surface area contributed by atoms with Crippen molar-refractivity contribution in [2.75, 3.05) is 57.4 Å². The summed E-state index contributed by atoms with van der Waals surface area (Å²) in [5, 5.41) is 0. The Morgan fingerprint density at radius 3 is 2.50 bits per heavy atom. The molecule has 3 aliphatic rings. The lowest BCUT2D eigenvalue weighted by molar-refractivity contribution is -0.139. The number of hydrogen-bond acceptors (Lipinski definition) is 7. The first-order valence-corrected chi connectivity index (χ1v) is 12.3. The molecule has 0 aliphatic carbocycles. The van der Waals surface area contributed by atoms with E-state index in [2.05, 4.69) is 0 Å². The molecule has 176 valence electrons. The summed E-state index contributed by atoms with van der Waals surface area (Å²) >= 11 is 1.89. The molecule has 32 heavy (non-hydrogen) atoms. The lowest BCUT2D eigenvalue weighted by Gasteiger charge is -2.32. The van der Waals surface area contributed by atoms with Gasteiger partial charge in [0.15, 0.2) is 11.5 Å². The quantitative estimate of drug-likeness (QED) is 0.585. The molecule has 4 rings (SSSR count). The van der Waals surface area contributed by atoms with E-state index in [9.17, 15) is 9.59 Å². The fourth-order valence-electron chi connectivity index (χ4n) is 4.77. The second-order valence-corrected chi connectivity index (χ2v) is 9.58. The molecule has 8 nitrogen and oxygen atoms in total. The molecule has 1 aromatic carbocycles. The fourth-order valence-corrected chi connectivity index (χ4v) is 6.00. The number of amides is 2. The van der Waals surface area contributed by atoms with Gasteiger partial charge in [0.1, 0.15) is 0 Å². The zero-order valence-corrected chi connectivity index (χ0v) is 19.8. The third-order valence-corrected chi connectivity index (χ3v) is 7.63.